The van der Waals surface area contributed by atoms with Crippen molar-refractivity contribution in [2.75, 3.05) is 18.4 Å². The van der Waals surface area contributed by atoms with E-state index >= 15 is 0 Å². The monoisotopic (exact) mass is 224 g/mol. The summed E-state index contributed by atoms with van der Waals surface area (Å²) in [7, 11) is 0. The van der Waals surface area contributed by atoms with Crippen LogP contribution in [-0.2, 0) is 0 Å². The Hall–Kier alpha value is -1.09. The minimum absolute atomic E-state index is 0.204. The Labute approximate surface area is 97.0 Å². The highest BCUT2D eigenvalue weighted by Crippen LogP contribution is 2.17. The summed E-state index contributed by atoms with van der Waals surface area (Å²) >= 11 is 0. The molecule has 3 heteroatoms. The maximum absolute atomic E-state index is 13.4. The van der Waals surface area contributed by atoms with E-state index < -0.39 is 0 Å². The van der Waals surface area contributed by atoms with Crippen LogP contribution >= 0.6 is 0 Å². The number of hydrogen-bond donors (Lipinski definition) is 2. The molecular formula is C13H21FN2. The molecule has 0 aliphatic heterocycles. The Bertz CT molecular complexity index is 337. The summed E-state index contributed by atoms with van der Waals surface area (Å²) < 4.78 is 13.4. The zero-order valence-corrected chi connectivity index (χ0v) is 10.3. The van der Waals surface area contributed by atoms with E-state index in [-0.39, 0.29) is 5.82 Å². The third-order valence-electron chi connectivity index (χ3n) is 2.92. The van der Waals surface area contributed by atoms with E-state index in [0.29, 0.717) is 30.6 Å². The number of hydrogen-bond acceptors (Lipinski definition) is 2. The van der Waals surface area contributed by atoms with Gasteiger partial charge in [0.2, 0.25) is 0 Å². The molecule has 1 unspecified atom stereocenters. The SMILES string of the molecule is Cc1ccc(F)c(NCC(CN)C(C)C)c1. The van der Waals surface area contributed by atoms with Gasteiger partial charge in [0, 0.05) is 6.54 Å². The molecule has 16 heavy (non-hydrogen) atoms. The molecule has 0 bridgehead atoms. The van der Waals surface area contributed by atoms with E-state index in [9.17, 15) is 4.39 Å². The van der Waals surface area contributed by atoms with E-state index in [0.717, 1.165) is 5.56 Å². The minimum Gasteiger partial charge on any atom is -0.382 e. The van der Waals surface area contributed by atoms with Crippen molar-refractivity contribution in [3.63, 3.8) is 0 Å². The molecule has 0 aliphatic carbocycles. The first kappa shape index (κ1) is 13.0. The predicted molar refractivity (Wildman–Crippen MR) is 67.0 cm³/mol. The van der Waals surface area contributed by atoms with Gasteiger partial charge in [-0.3, -0.25) is 0 Å². The van der Waals surface area contributed by atoms with Gasteiger partial charge in [0.25, 0.3) is 0 Å². The van der Waals surface area contributed by atoms with Crippen molar-refractivity contribution in [1.82, 2.24) is 0 Å². The van der Waals surface area contributed by atoms with E-state index in [1.165, 1.54) is 6.07 Å². The van der Waals surface area contributed by atoms with Crippen LogP contribution in [0.4, 0.5) is 10.1 Å². The summed E-state index contributed by atoms with van der Waals surface area (Å²) in [5, 5.41) is 3.13. The van der Waals surface area contributed by atoms with Gasteiger partial charge in [0.1, 0.15) is 5.82 Å². The fourth-order valence-corrected chi connectivity index (χ4v) is 1.61. The Morgan fingerprint density at radius 2 is 2.06 bits per heavy atom. The van der Waals surface area contributed by atoms with Crippen molar-refractivity contribution in [3.8, 4) is 0 Å². The summed E-state index contributed by atoms with van der Waals surface area (Å²) in [6.07, 6.45) is 0. The highest BCUT2D eigenvalue weighted by Gasteiger charge is 2.11. The van der Waals surface area contributed by atoms with Crippen molar-refractivity contribution in [3.05, 3.63) is 29.6 Å². The Morgan fingerprint density at radius 1 is 1.38 bits per heavy atom. The third kappa shape index (κ3) is 3.49. The van der Waals surface area contributed by atoms with Gasteiger partial charge in [-0.05, 0) is 43.0 Å². The largest absolute Gasteiger partial charge is 0.382 e. The Balaban J connectivity index is 2.63. The van der Waals surface area contributed by atoms with Crippen molar-refractivity contribution in [2.45, 2.75) is 20.8 Å². The molecular weight excluding hydrogens is 203 g/mol. The van der Waals surface area contributed by atoms with Gasteiger partial charge in [-0.15, -0.1) is 0 Å². The lowest BCUT2D eigenvalue weighted by molar-refractivity contribution is 0.412. The average molecular weight is 224 g/mol. The Kier molecular flexibility index (Phi) is 4.74. The van der Waals surface area contributed by atoms with Crippen LogP contribution in [0.15, 0.2) is 18.2 Å². The second-order valence-corrected chi connectivity index (χ2v) is 4.60. The molecule has 0 heterocycles. The number of halogens is 1. The highest BCUT2D eigenvalue weighted by atomic mass is 19.1. The van der Waals surface area contributed by atoms with Gasteiger partial charge in [0.15, 0.2) is 0 Å². The van der Waals surface area contributed by atoms with E-state index in [2.05, 4.69) is 19.2 Å². The fraction of sp³-hybridized carbons (Fsp3) is 0.538. The van der Waals surface area contributed by atoms with Crippen LogP contribution in [0, 0.1) is 24.6 Å². The molecule has 0 amide bonds. The van der Waals surface area contributed by atoms with Crippen LogP contribution in [0.3, 0.4) is 0 Å². The fourth-order valence-electron chi connectivity index (χ4n) is 1.61. The van der Waals surface area contributed by atoms with Crippen molar-refractivity contribution in [2.24, 2.45) is 17.6 Å². The van der Waals surface area contributed by atoms with E-state index in [1.807, 2.05) is 13.0 Å². The lowest BCUT2D eigenvalue weighted by atomic mass is 9.96. The quantitative estimate of drug-likeness (QED) is 0.807. The zero-order valence-electron chi connectivity index (χ0n) is 10.3. The molecule has 0 saturated carbocycles. The summed E-state index contributed by atoms with van der Waals surface area (Å²) in [6.45, 7) is 7.55. The first-order chi connectivity index (χ1) is 7.54. The second kappa shape index (κ2) is 5.85. The smallest absolute Gasteiger partial charge is 0.146 e. The molecule has 0 saturated heterocycles. The first-order valence-corrected chi connectivity index (χ1v) is 5.74. The normalized spacial score (nSPS) is 12.9. The summed E-state index contributed by atoms with van der Waals surface area (Å²) in [4.78, 5) is 0. The molecule has 0 spiro atoms. The second-order valence-electron chi connectivity index (χ2n) is 4.60. The van der Waals surface area contributed by atoms with Gasteiger partial charge in [-0.25, -0.2) is 4.39 Å². The molecule has 1 aromatic carbocycles. The van der Waals surface area contributed by atoms with Crippen LogP contribution in [0.1, 0.15) is 19.4 Å². The van der Waals surface area contributed by atoms with Gasteiger partial charge >= 0.3 is 0 Å². The third-order valence-corrected chi connectivity index (χ3v) is 2.92. The number of aryl methyl sites for hydroxylation is 1. The standard InChI is InChI=1S/C13H21FN2/c1-9(2)11(7-15)8-16-13-6-10(3)4-5-12(13)14/h4-6,9,11,16H,7-8,15H2,1-3H3. The average Bonchev–Trinajstić information content (AvgIpc) is 2.23. The molecule has 0 radical (unpaired) electrons. The number of nitrogens with two attached hydrogens (primary N) is 1. The maximum Gasteiger partial charge on any atom is 0.146 e. The van der Waals surface area contributed by atoms with Crippen molar-refractivity contribution in [1.29, 1.82) is 0 Å². The topological polar surface area (TPSA) is 38.0 Å². The van der Waals surface area contributed by atoms with Crippen LogP contribution in [-0.4, -0.2) is 13.1 Å². The lowest BCUT2D eigenvalue weighted by Crippen LogP contribution is -2.27. The van der Waals surface area contributed by atoms with Crippen LogP contribution in [0.2, 0.25) is 0 Å². The van der Waals surface area contributed by atoms with Crippen LogP contribution in [0.25, 0.3) is 0 Å². The predicted octanol–water partition coefficient (Wildman–Crippen LogP) is 2.78. The van der Waals surface area contributed by atoms with Crippen molar-refractivity contribution < 1.29 is 4.39 Å². The molecule has 1 aromatic rings. The summed E-state index contributed by atoms with van der Waals surface area (Å²) in [6, 6.07) is 5.08. The summed E-state index contributed by atoms with van der Waals surface area (Å²) in [5.74, 6) is 0.676. The van der Waals surface area contributed by atoms with E-state index in [1.54, 1.807) is 6.07 Å². The van der Waals surface area contributed by atoms with Crippen LogP contribution in [0.5, 0.6) is 0 Å². The van der Waals surface area contributed by atoms with Gasteiger partial charge < -0.3 is 11.1 Å². The first-order valence-electron chi connectivity index (χ1n) is 5.74. The van der Waals surface area contributed by atoms with E-state index in [4.69, 9.17) is 5.73 Å². The maximum atomic E-state index is 13.4. The minimum atomic E-state index is -0.204. The lowest BCUT2D eigenvalue weighted by Gasteiger charge is -2.20. The molecule has 3 N–H and O–H groups in total. The van der Waals surface area contributed by atoms with Crippen molar-refractivity contribution >= 4 is 5.69 Å². The van der Waals surface area contributed by atoms with Gasteiger partial charge in [-0.2, -0.15) is 0 Å². The molecule has 0 fully saturated rings. The number of rotatable bonds is 5. The molecule has 1 atom stereocenters. The van der Waals surface area contributed by atoms with Crippen LogP contribution < -0.4 is 11.1 Å². The highest BCUT2D eigenvalue weighted by molar-refractivity contribution is 5.47. The zero-order chi connectivity index (χ0) is 12.1. The number of benzene rings is 1. The van der Waals surface area contributed by atoms with Gasteiger partial charge in [0.05, 0.1) is 5.69 Å². The Morgan fingerprint density at radius 3 is 2.62 bits per heavy atom. The molecule has 1 rings (SSSR count). The molecule has 2 nitrogen and oxygen atoms in total. The van der Waals surface area contributed by atoms with Gasteiger partial charge in [-0.1, -0.05) is 19.9 Å². The molecule has 0 aliphatic rings. The number of anilines is 1. The molecule has 0 aromatic heterocycles. The molecule has 90 valence electrons. The number of nitrogens with one attached hydrogen (secondary N) is 1. The summed E-state index contributed by atoms with van der Waals surface area (Å²) in [5.41, 5.74) is 7.29.